The molecule has 1 aromatic carbocycles. The quantitative estimate of drug-likeness (QED) is 0.731. The first-order chi connectivity index (χ1) is 8.85. The van der Waals surface area contributed by atoms with Gasteiger partial charge in [0.05, 0.1) is 0 Å². The van der Waals surface area contributed by atoms with Crippen molar-refractivity contribution < 1.29 is 9.53 Å². The molecule has 100 valence electrons. The predicted molar refractivity (Wildman–Crippen MR) is 77.7 cm³/mol. The molecule has 1 aromatic rings. The normalized spacial score (nSPS) is 36.9. The standard InChI is InChI=1S/C14H13BrClNO2/c1-13-7-10(8-3-5-9(15)6-4-8)14(2,12(18)19-13)17-11(13)16/h3-6,10H,7H2,1-2H3/t10-,13-,14-/m0/s1. The van der Waals surface area contributed by atoms with Crippen LogP contribution < -0.4 is 0 Å². The monoisotopic (exact) mass is 341 g/mol. The van der Waals surface area contributed by atoms with Crippen molar-refractivity contribution in [1.29, 1.82) is 0 Å². The zero-order valence-electron chi connectivity index (χ0n) is 10.6. The lowest BCUT2D eigenvalue weighted by molar-refractivity contribution is -0.170. The van der Waals surface area contributed by atoms with Crippen LogP contribution in [0.15, 0.2) is 33.7 Å². The fraction of sp³-hybridized carbons (Fsp3) is 0.429. The number of rotatable bonds is 1. The van der Waals surface area contributed by atoms with E-state index in [1.807, 2.05) is 31.2 Å². The molecule has 3 aliphatic heterocycles. The van der Waals surface area contributed by atoms with Gasteiger partial charge >= 0.3 is 5.97 Å². The van der Waals surface area contributed by atoms with E-state index in [1.165, 1.54) is 0 Å². The number of ether oxygens (including phenoxy) is 1. The molecule has 4 rings (SSSR count). The van der Waals surface area contributed by atoms with Gasteiger partial charge in [0, 0.05) is 16.8 Å². The Bertz CT molecular complexity index is 586. The highest BCUT2D eigenvalue weighted by Crippen LogP contribution is 2.50. The molecule has 0 spiro atoms. The summed E-state index contributed by atoms with van der Waals surface area (Å²) in [6.07, 6.45) is 0.666. The van der Waals surface area contributed by atoms with E-state index in [2.05, 4.69) is 20.9 Å². The van der Waals surface area contributed by atoms with Gasteiger partial charge in [-0.25, -0.2) is 4.79 Å². The van der Waals surface area contributed by atoms with Crippen molar-refractivity contribution in [3.63, 3.8) is 0 Å². The molecule has 3 heterocycles. The van der Waals surface area contributed by atoms with Crippen molar-refractivity contribution in [2.75, 3.05) is 0 Å². The van der Waals surface area contributed by atoms with Crippen LogP contribution in [0, 0.1) is 0 Å². The number of nitrogens with zero attached hydrogens (tertiary/aromatic N) is 1. The first kappa shape index (κ1) is 13.1. The van der Waals surface area contributed by atoms with Gasteiger partial charge in [0.15, 0.2) is 11.1 Å². The van der Waals surface area contributed by atoms with Gasteiger partial charge in [-0.05, 0) is 31.5 Å². The molecule has 0 N–H and O–H groups in total. The van der Waals surface area contributed by atoms with E-state index < -0.39 is 11.1 Å². The van der Waals surface area contributed by atoms with Crippen LogP contribution in [-0.4, -0.2) is 22.3 Å². The first-order valence-electron chi connectivity index (χ1n) is 6.10. The van der Waals surface area contributed by atoms with Gasteiger partial charge in [-0.1, -0.05) is 39.7 Å². The Balaban J connectivity index is 2.10. The molecule has 0 aromatic heterocycles. The minimum atomic E-state index is -0.914. The van der Waals surface area contributed by atoms with Crippen LogP contribution in [-0.2, 0) is 9.53 Å². The van der Waals surface area contributed by atoms with E-state index in [-0.39, 0.29) is 11.9 Å². The van der Waals surface area contributed by atoms with Crippen molar-refractivity contribution >= 4 is 38.7 Å². The van der Waals surface area contributed by atoms with Gasteiger partial charge < -0.3 is 4.74 Å². The fourth-order valence-corrected chi connectivity index (χ4v) is 3.35. The second-order valence-corrected chi connectivity index (χ2v) is 6.75. The number of carbonyl (C=O) groups is 1. The summed E-state index contributed by atoms with van der Waals surface area (Å²) in [6, 6.07) is 7.97. The summed E-state index contributed by atoms with van der Waals surface area (Å²) in [4.78, 5) is 16.6. The third-order valence-electron chi connectivity index (χ3n) is 4.04. The Labute approximate surface area is 125 Å². The molecule has 3 aliphatic rings. The van der Waals surface area contributed by atoms with Crippen molar-refractivity contribution in [2.24, 2.45) is 4.99 Å². The minimum absolute atomic E-state index is 0.00523. The zero-order valence-corrected chi connectivity index (χ0v) is 13.0. The van der Waals surface area contributed by atoms with Crippen molar-refractivity contribution in [2.45, 2.75) is 37.3 Å². The maximum Gasteiger partial charge on any atom is 0.335 e. The molecular weight excluding hydrogens is 330 g/mol. The van der Waals surface area contributed by atoms with Crippen LogP contribution >= 0.6 is 27.5 Å². The number of hydrogen-bond acceptors (Lipinski definition) is 3. The number of esters is 1. The Morgan fingerprint density at radius 1 is 1.37 bits per heavy atom. The van der Waals surface area contributed by atoms with Crippen LogP contribution in [0.2, 0.25) is 0 Å². The molecular formula is C14H13BrClNO2. The number of fused-ring (bicyclic) bond motifs is 2. The lowest BCUT2D eigenvalue weighted by Crippen LogP contribution is -2.60. The highest BCUT2D eigenvalue weighted by Gasteiger charge is 2.59. The average Bonchev–Trinajstić information content (AvgIpc) is 2.34. The van der Waals surface area contributed by atoms with E-state index in [0.717, 1.165) is 10.0 Å². The molecule has 0 radical (unpaired) electrons. The summed E-state index contributed by atoms with van der Waals surface area (Å²) in [5, 5.41) is 0.392. The molecule has 5 heteroatoms. The molecule has 2 bridgehead atoms. The largest absolute Gasteiger partial charge is 0.450 e. The second kappa shape index (κ2) is 4.06. The molecule has 0 saturated carbocycles. The fourth-order valence-electron chi connectivity index (χ4n) is 2.79. The Kier molecular flexibility index (Phi) is 2.81. The minimum Gasteiger partial charge on any atom is -0.450 e. The van der Waals surface area contributed by atoms with Crippen molar-refractivity contribution in [1.82, 2.24) is 0 Å². The van der Waals surface area contributed by atoms with Gasteiger partial charge in [0.2, 0.25) is 0 Å². The second-order valence-electron chi connectivity index (χ2n) is 5.48. The summed E-state index contributed by atoms with van der Waals surface area (Å²) >= 11 is 9.57. The van der Waals surface area contributed by atoms with Crippen LogP contribution in [0.25, 0.3) is 0 Å². The Morgan fingerprint density at radius 2 is 2.00 bits per heavy atom. The maximum atomic E-state index is 12.2. The smallest absolute Gasteiger partial charge is 0.335 e. The predicted octanol–water partition coefficient (Wildman–Crippen LogP) is 3.65. The van der Waals surface area contributed by atoms with Gasteiger partial charge in [-0.2, -0.15) is 0 Å². The maximum absolute atomic E-state index is 12.2. The first-order valence-corrected chi connectivity index (χ1v) is 7.27. The molecule has 19 heavy (non-hydrogen) atoms. The molecule has 3 atom stereocenters. The summed E-state index contributed by atoms with van der Waals surface area (Å²) in [5.74, 6) is -0.298. The van der Waals surface area contributed by atoms with Crippen molar-refractivity contribution in [3.8, 4) is 0 Å². The molecule has 1 fully saturated rings. The third kappa shape index (κ3) is 1.84. The molecule has 1 saturated heterocycles. The topological polar surface area (TPSA) is 38.7 Å². The summed E-state index contributed by atoms with van der Waals surface area (Å²) in [6.45, 7) is 3.62. The van der Waals surface area contributed by atoms with Crippen molar-refractivity contribution in [3.05, 3.63) is 34.3 Å². The van der Waals surface area contributed by atoms with Gasteiger partial charge in [0.25, 0.3) is 0 Å². The van der Waals surface area contributed by atoms with Crippen LogP contribution in [0.1, 0.15) is 31.7 Å². The summed E-state index contributed by atoms with van der Waals surface area (Å²) in [5.41, 5.74) is -0.613. The van der Waals surface area contributed by atoms with Crippen LogP contribution in [0.4, 0.5) is 0 Å². The average molecular weight is 343 g/mol. The van der Waals surface area contributed by atoms with Crippen LogP contribution in [0.5, 0.6) is 0 Å². The molecule has 0 amide bonds. The lowest BCUT2D eigenvalue weighted by Gasteiger charge is -2.49. The van der Waals surface area contributed by atoms with E-state index in [0.29, 0.717) is 11.6 Å². The van der Waals surface area contributed by atoms with Gasteiger partial charge in [0.1, 0.15) is 5.17 Å². The number of hydrogen-bond donors (Lipinski definition) is 0. The highest BCUT2D eigenvalue weighted by molar-refractivity contribution is 9.10. The Hall–Kier alpha value is -0.870. The third-order valence-corrected chi connectivity index (χ3v) is 5.06. The molecule has 0 aliphatic carbocycles. The molecule has 0 unspecified atom stereocenters. The van der Waals surface area contributed by atoms with Crippen LogP contribution in [0.3, 0.4) is 0 Å². The molecule has 3 nitrogen and oxygen atoms in total. The van der Waals surface area contributed by atoms with Gasteiger partial charge in [-0.3, -0.25) is 4.99 Å². The Morgan fingerprint density at radius 3 is 2.63 bits per heavy atom. The lowest BCUT2D eigenvalue weighted by atomic mass is 9.70. The van der Waals surface area contributed by atoms with E-state index >= 15 is 0 Å². The highest BCUT2D eigenvalue weighted by atomic mass is 79.9. The van der Waals surface area contributed by atoms with E-state index in [1.54, 1.807) is 6.92 Å². The summed E-state index contributed by atoms with van der Waals surface area (Å²) < 4.78 is 6.46. The van der Waals surface area contributed by atoms with Gasteiger partial charge in [-0.15, -0.1) is 0 Å². The van der Waals surface area contributed by atoms with E-state index in [4.69, 9.17) is 16.3 Å². The number of carbonyl (C=O) groups excluding carboxylic acids is 1. The number of aliphatic imine (C=N–C) groups is 1. The SMILES string of the molecule is C[C@]12C[C@@H](c3ccc(Br)cc3)[C@](C)(N=C1Cl)C(=O)O2. The van der Waals surface area contributed by atoms with E-state index in [9.17, 15) is 4.79 Å². The number of halogens is 2. The number of benzene rings is 1. The summed E-state index contributed by atoms with van der Waals surface area (Å²) in [7, 11) is 0. The zero-order chi connectivity index (χ0) is 13.8.